The van der Waals surface area contributed by atoms with E-state index in [0.29, 0.717) is 24.8 Å². The molecule has 2 saturated carbocycles. The first-order valence-corrected chi connectivity index (χ1v) is 7.69. The lowest BCUT2D eigenvalue weighted by Crippen LogP contribution is -2.35. The van der Waals surface area contributed by atoms with Crippen molar-refractivity contribution in [3.63, 3.8) is 0 Å². The Morgan fingerprint density at radius 3 is 2.82 bits per heavy atom. The van der Waals surface area contributed by atoms with Gasteiger partial charge in [-0.3, -0.25) is 9.59 Å². The molecular formula is C15H21N3O4. The number of nitrogens with one attached hydrogen (secondary N) is 1. The van der Waals surface area contributed by atoms with Crippen LogP contribution in [0.4, 0.5) is 0 Å². The van der Waals surface area contributed by atoms with Gasteiger partial charge in [0.15, 0.2) is 11.5 Å². The zero-order chi connectivity index (χ0) is 15.5. The number of amides is 2. The molecule has 3 rings (SSSR count). The molecule has 2 amide bonds. The van der Waals surface area contributed by atoms with Crippen LogP contribution >= 0.6 is 0 Å². The normalized spacial score (nSPS) is 17.3. The van der Waals surface area contributed by atoms with Crippen molar-refractivity contribution in [3.8, 4) is 0 Å². The predicted molar refractivity (Wildman–Crippen MR) is 77.0 cm³/mol. The average molecular weight is 307 g/mol. The highest BCUT2D eigenvalue weighted by atomic mass is 16.5. The van der Waals surface area contributed by atoms with Gasteiger partial charge in [0.05, 0.1) is 6.54 Å². The number of ether oxygens (including phenoxy) is 1. The number of carbonyl (C=O) groups excluding carboxylic acids is 2. The van der Waals surface area contributed by atoms with Crippen molar-refractivity contribution < 1.29 is 18.8 Å². The van der Waals surface area contributed by atoms with Gasteiger partial charge in [-0.05, 0) is 31.6 Å². The summed E-state index contributed by atoms with van der Waals surface area (Å²) in [5, 5.41) is 6.64. The summed E-state index contributed by atoms with van der Waals surface area (Å²) in [6.07, 6.45) is 4.36. The molecule has 0 unspecified atom stereocenters. The summed E-state index contributed by atoms with van der Waals surface area (Å²) >= 11 is 0. The van der Waals surface area contributed by atoms with Gasteiger partial charge in [0.1, 0.15) is 6.61 Å². The van der Waals surface area contributed by atoms with E-state index in [1.54, 1.807) is 11.0 Å². The van der Waals surface area contributed by atoms with Gasteiger partial charge < -0.3 is 19.5 Å². The molecule has 1 N–H and O–H groups in total. The summed E-state index contributed by atoms with van der Waals surface area (Å²) in [6, 6.07) is 1.86. The standard InChI is InChI=1S/C15H21N3O4/c1-21-9-14(19)18(11-4-5-11)8-12-6-13(17-22-12)15(20)16-7-10-2-3-10/h6,10-11H,2-5,7-9H2,1H3,(H,16,20). The van der Waals surface area contributed by atoms with Crippen LogP contribution in [-0.2, 0) is 16.1 Å². The summed E-state index contributed by atoms with van der Waals surface area (Å²) in [5.74, 6) is 0.851. The fourth-order valence-electron chi connectivity index (χ4n) is 2.33. The molecule has 0 atom stereocenters. The van der Waals surface area contributed by atoms with Gasteiger partial charge in [-0.1, -0.05) is 5.16 Å². The summed E-state index contributed by atoms with van der Waals surface area (Å²) in [4.78, 5) is 25.7. The van der Waals surface area contributed by atoms with Crippen molar-refractivity contribution >= 4 is 11.8 Å². The summed E-state index contributed by atoms with van der Waals surface area (Å²) in [6.45, 7) is 1.08. The lowest BCUT2D eigenvalue weighted by atomic mass is 10.3. The molecule has 1 aromatic rings. The van der Waals surface area contributed by atoms with E-state index in [4.69, 9.17) is 9.26 Å². The average Bonchev–Trinajstić information content (AvgIpc) is 3.42. The van der Waals surface area contributed by atoms with Crippen LogP contribution in [0.3, 0.4) is 0 Å². The van der Waals surface area contributed by atoms with E-state index in [0.717, 1.165) is 12.8 Å². The Labute approximate surface area is 129 Å². The van der Waals surface area contributed by atoms with Crippen molar-refractivity contribution in [2.45, 2.75) is 38.3 Å². The van der Waals surface area contributed by atoms with Gasteiger partial charge in [-0.2, -0.15) is 0 Å². The van der Waals surface area contributed by atoms with E-state index in [1.165, 1.54) is 20.0 Å². The maximum absolute atomic E-state index is 12.0. The predicted octanol–water partition coefficient (Wildman–Crippen LogP) is 0.952. The SMILES string of the molecule is COCC(=O)N(Cc1cc(C(=O)NCC2CC2)no1)C1CC1. The van der Waals surface area contributed by atoms with Gasteiger partial charge in [0.25, 0.3) is 5.91 Å². The Bertz CT molecular complexity index is 549. The van der Waals surface area contributed by atoms with E-state index in [2.05, 4.69) is 10.5 Å². The fourth-order valence-corrected chi connectivity index (χ4v) is 2.33. The molecule has 1 aromatic heterocycles. The highest BCUT2D eigenvalue weighted by Gasteiger charge is 2.33. The third kappa shape index (κ3) is 3.85. The van der Waals surface area contributed by atoms with Crippen molar-refractivity contribution in [2.75, 3.05) is 20.3 Å². The Morgan fingerprint density at radius 1 is 1.41 bits per heavy atom. The Kier molecular flexibility index (Phi) is 4.42. The minimum absolute atomic E-state index is 0.0549. The molecule has 2 aliphatic rings. The molecule has 0 bridgehead atoms. The minimum Gasteiger partial charge on any atom is -0.375 e. The molecule has 7 heteroatoms. The van der Waals surface area contributed by atoms with Crippen LogP contribution in [0.5, 0.6) is 0 Å². The maximum atomic E-state index is 12.0. The van der Waals surface area contributed by atoms with Gasteiger partial charge in [-0.15, -0.1) is 0 Å². The number of aromatic nitrogens is 1. The second kappa shape index (κ2) is 6.48. The second-order valence-electron chi connectivity index (χ2n) is 6.02. The minimum atomic E-state index is -0.219. The number of carbonyl (C=O) groups is 2. The lowest BCUT2D eigenvalue weighted by molar-refractivity contribution is -0.136. The lowest BCUT2D eigenvalue weighted by Gasteiger charge is -2.20. The summed E-state index contributed by atoms with van der Waals surface area (Å²) in [5.41, 5.74) is 0.269. The van der Waals surface area contributed by atoms with Gasteiger partial charge in [0.2, 0.25) is 5.91 Å². The first-order valence-electron chi connectivity index (χ1n) is 7.69. The van der Waals surface area contributed by atoms with Crippen molar-refractivity contribution in [1.29, 1.82) is 0 Å². The molecule has 1 heterocycles. The van der Waals surface area contributed by atoms with E-state index in [-0.39, 0.29) is 30.2 Å². The van der Waals surface area contributed by atoms with Gasteiger partial charge in [0, 0.05) is 25.8 Å². The number of nitrogens with zero attached hydrogens (tertiary/aromatic N) is 2. The quantitative estimate of drug-likeness (QED) is 0.773. The van der Waals surface area contributed by atoms with Crippen LogP contribution in [0.25, 0.3) is 0 Å². The maximum Gasteiger partial charge on any atom is 0.273 e. The van der Waals surface area contributed by atoms with Crippen LogP contribution in [0, 0.1) is 5.92 Å². The third-order valence-electron chi connectivity index (χ3n) is 3.94. The van der Waals surface area contributed by atoms with Crippen molar-refractivity contribution in [1.82, 2.24) is 15.4 Å². The van der Waals surface area contributed by atoms with Crippen LogP contribution in [0.2, 0.25) is 0 Å². The largest absolute Gasteiger partial charge is 0.375 e. The molecule has 0 saturated heterocycles. The van der Waals surface area contributed by atoms with E-state index in [1.807, 2.05) is 0 Å². The Morgan fingerprint density at radius 2 is 2.18 bits per heavy atom. The van der Waals surface area contributed by atoms with Crippen molar-refractivity contribution in [3.05, 3.63) is 17.5 Å². The first-order chi connectivity index (χ1) is 10.7. The van der Waals surface area contributed by atoms with Crippen LogP contribution in [-0.4, -0.2) is 48.2 Å². The molecule has 22 heavy (non-hydrogen) atoms. The molecule has 7 nitrogen and oxygen atoms in total. The number of hydrogen-bond donors (Lipinski definition) is 1. The topological polar surface area (TPSA) is 84.7 Å². The molecular weight excluding hydrogens is 286 g/mol. The van der Waals surface area contributed by atoms with Crippen LogP contribution < -0.4 is 5.32 Å². The van der Waals surface area contributed by atoms with Gasteiger partial charge >= 0.3 is 0 Å². The molecule has 0 radical (unpaired) electrons. The highest BCUT2D eigenvalue weighted by molar-refractivity contribution is 5.92. The molecule has 0 aromatic carbocycles. The second-order valence-corrected chi connectivity index (χ2v) is 6.02. The van der Waals surface area contributed by atoms with E-state index in [9.17, 15) is 9.59 Å². The molecule has 2 fully saturated rings. The van der Waals surface area contributed by atoms with Gasteiger partial charge in [-0.25, -0.2) is 0 Å². The summed E-state index contributed by atoms with van der Waals surface area (Å²) < 4.78 is 10.1. The number of hydrogen-bond acceptors (Lipinski definition) is 5. The van der Waals surface area contributed by atoms with E-state index < -0.39 is 0 Å². The monoisotopic (exact) mass is 307 g/mol. The molecule has 0 aliphatic heterocycles. The zero-order valence-electron chi connectivity index (χ0n) is 12.7. The third-order valence-corrected chi connectivity index (χ3v) is 3.94. The smallest absolute Gasteiger partial charge is 0.273 e. The summed E-state index contributed by atoms with van der Waals surface area (Å²) in [7, 11) is 1.50. The molecule has 2 aliphatic carbocycles. The van der Waals surface area contributed by atoms with Crippen LogP contribution in [0.1, 0.15) is 41.9 Å². The Balaban J connectivity index is 1.57. The van der Waals surface area contributed by atoms with Crippen LogP contribution in [0.15, 0.2) is 10.6 Å². The fraction of sp³-hybridized carbons (Fsp3) is 0.667. The zero-order valence-corrected chi connectivity index (χ0v) is 12.7. The first kappa shape index (κ1) is 15.0. The van der Waals surface area contributed by atoms with E-state index >= 15 is 0 Å². The Hall–Kier alpha value is -1.89. The van der Waals surface area contributed by atoms with Crippen molar-refractivity contribution in [2.24, 2.45) is 5.92 Å². The molecule has 0 spiro atoms. The highest BCUT2D eigenvalue weighted by Crippen LogP contribution is 2.29. The molecule has 120 valence electrons. The number of rotatable bonds is 8. The number of methoxy groups -OCH3 is 1.